The van der Waals surface area contributed by atoms with Crippen LogP contribution in [-0.2, 0) is 14.8 Å². The number of nitrogens with zero attached hydrogens (tertiary/aromatic N) is 3. The first kappa shape index (κ1) is 22.4. The zero-order chi connectivity index (χ0) is 22.6. The number of nitrogens with one attached hydrogen (secondary N) is 1. The summed E-state index contributed by atoms with van der Waals surface area (Å²) in [5.41, 5.74) is 1.07. The normalized spacial score (nSPS) is 14.9. The van der Waals surface area contributed by atoms with Gasteiger partial charge in [-0.15, -0.1) is 10.2 Å². The van der Waals surface area contributed by atoms with E-state index >= 15 is 0 Å². The summed E-state index contributed by atoms with van der Waals surface area (Å²) in [6.45, 7) is 1.08. The molecule has 2 heterocycles. The lowest BCUT2D eigenvalue weighted by atomic mass is 10.2. The number of piperidine rings is 1. The maximum atomic E-state index is 13.0. The number of carbonyl (C=O) groups is 1. The molecule has 1 aliphatic rings. The van der Waals surface area contributed by atoms with E-state index in [1.807, 2.05) is 0 Å². The van der Waals surface area contributed by atoms with Gasteiger partial charge in [0.15, 0.2) is 0 Å². The van der Waals surface area contributed by atoms with Crippen LogP contribution >= 0.6 is 11.8 Å². The quantitative estimate of drug-likeness (QED) is 0.517. The maximum Gasteiger partial charge on any atom is 0.277 e. The molecule has 11 heteroatoms. The molecule has 1 N–H and O–H groups in total. The first-order valence-electron chi connectivity index (χ1n) is 10.0. The lowest BCUT2D eigenvalue weighted by Crippen LogP contribution is -2.35. The second-order valence-corrected chi connectivity index (χ2v) is 10.1. The molecule has 1 aliphatic heterocycles. The first-order chi connectivity index (χ1) is 15.4. The molecule has 0 saturated carbocycles. The molecular weight excluding hydrogens is 455 g/mol. The van der Waals surface area contributed by atoms with Crippen LogP contribution in [0.4, 0.5) is 10.1 Å². The van der Waals surface area contributed by atoms with Crippen molar-refractivity contribution < 1.29 is 22.0 Å². The number of amides is 1. The molecule has 2 aromatic carbocycles. The number of hydrogen-bond donors (Lipinski definition) is 1. The van der Waals surface area contributed by atoms with Crippen LogP contribution in [0.2, 0.25) is 0 Å². The van der Waals surface area contributed by atoms with Crippen LogP contribution in [0.3, 0.4) is 0 Å². The summed E-state index contributed by atoms with van der Waals surface area (Å²) in [7, 11) is -3.51. The molecule has 0 aliphatic carbocycles. The SMILES string of the molecule is O=C(CSc1nnc(-c2ccc(F)cc2)o1)Nc1ccc(S(=O)(=O)N2CCCCC2)cc1. The van der Waals surface area contributed by atoms with E-state index in [0.29, 0.717) is 24.3 Å². The van der Waals surface area contributed by atoms with E-state index in [2.05, 4.69) is 15.5 Å². The van der Waals surface area contributed by atoms with Crippen molar-refractivity contribution in [1.82, 2.24) is 14.5 Å². The van der Waals surface area contributed by atoms with Crippen LogP contribution in [0.5, 0.6) is 0 Å². The minimum absolute atomic E-state index is 0.0267. The van der Waals surface area contributed by atoms with Crippen LogP contribution in [0.1, 0.15) is 19.3 Å². The molecule has 168 valence electrons. The predicted molar refractivity (Wildman–Crippen MR) is 118 cm³/mol. The number of anilines is 1. The van der Waals surface area contributed by atoms with E-state index in [9.17, 15) is 17.6 Å². The van der Waals surface area contributed by atoms with Gasteiger partial charge in [-0.05, 0) is 61.4 Å². The summed E-state index contributed by atoms with van der Waals surface area (Å²) < 4.78 is 45.4. The Morgan fingerprint density at radius 3 is 2.41 bits per heavy atom. The van der Waals surface area contributed by atoms with Crippen LogP contribution < -0.4 is 5.32 Å². The molecule has 3 aromatic rings. The number of benzene rings is 2. The van der Waals surface area contributed by atoms with Crippen molar-refractivity contribution in [3.8, 4) is 11.5 Å². The molecule has 1 amide bonds. The van der Waals surface area contributed by atoms with Gasteiger partial charge >= 0.3 is 0 Å². The van der Waals surface area contributed by atoms with Crippen molar-refractivity contribution in [3.63, 3.8) is 0 Å². The minimum atomic E-state index is -3.51. The lowest BCUT2D eigenvalue weighted by molar-refractivity contribution is -0.113. The number of hydrogen-bond acceptors (Lipinski definition) is 7. The van der Waals surface area contributed by atoms with E-state index in [1.165, 1.54) is 40.7 Å². The summed E-state index contributed by atoms with van der Waals surface area (Å²) >= 11 is 1.06. The van der Waals surface area contributed by atoms with Crippen molar-refractivity contribution in [2.24, 2.45) is 0 Å². The number of rotatable bonds is 7. The van der Waals surface area contributed by atoms with Crippen LogP contribution in [0, 0.1) is 5.82 Å². The third-order valence-electron chi connectivity index (χ3n) is 4.92. The summed E-state index contributed by atoms with van der Waals surface area (Å²) in [5.74, 6) is -0.406. The highest BCUT2D eigenvalue weighted by molar-refractivity contribution is 7.99. The summed E-state index contributed by atoms with van der Waals surface area (Å²) in [6.07, 6.45) is 2.79. The average molecular weight is 477 g/mol. The van der Waals surface area contributed by atoms with Crippen molar-refractivity contribution in [2.45, 2.75) is 29.4 Å². The molecule has 4 rings (SSSR count). The van der Waals surface area contributed by atoms with E-state index in [0.717, 1.165) is 31.0 Å². The highest BCUT2D eigenvalue weighted by Crippen LogP contribution is 2.24. The Balaban J connectivity index is 1.31. The second kappa shape index (κ2) is 9.80. The number of carbonyl (C=O) groups excluding carboxylic acids is 1. The van der Waals surface area contributed by atoms with Gasteiger partial charge in [-0.3, -0.25) is 4.79 Å². The maximum absolute atomic E-state index is 13.0. The fourth-order valence-electron chi connectivity index (χ4n) is 3.27. The van der Waals surface area contributed by atoms with Gasteiger partial charge in [0.05, 0.1) is 10.6 Å². The molecule has 1 fully saturated rings. The molecule has 0 atom stereocenters. The Hall–Kier alpha value is -2.76. The van der Waals surface area contributed by atoms with Gasteiger partial charge < -0.3 is 9.73 Å². The van der Waals surface area contributed by atoms with Gasteiger partial charge in [-0.25, -0.2) is 12.8 Å². The predicted octanol–water partition coefficient (Wildman–Crippen LogP) is 3.78. The van der Waals surface area contributed by atoms with Gasteiger partial charge in [-0.2, -0.15) is 4.31 Å². The Labute approximate surface area is 189 Å². The summed E-state index contributed by atoms with van der Waals surface area (Å²) in [6, 6.07) is 11.8. The largest absolute Gasteiger partial charge is 0.411 e. The fraction of sp³-hybridized carbons (Fsp3) is 0.286. The molecule has 0 radical (unpaired) electrons. The fourth-order valence-corrected chi connectivity index (χ4v) is 5.35. The number of sulfonamides is 1. The van der Waals surface area contributed by atoms with Crippen molar-refractivity contribution in [3.05, 3.63) is 54.3 Å². The first-order valence-corrected chi connectivity index (χ1v) is 12.5. The van der Waals surface area contributed by atoms with Gasteiger partial charge in [-0.1, -0.05) is 18.2 Å². The Morgan fingerprint density at radius 1 is 1.03 bits per heavy atom. The highest BCUT2D eigenvalue weighted by Gasteiger charge is 2.25. The van der Waals surface area contributed by atoms with Gasteiger partial charge in [0.25, 0.3) is 5.22 Å². The Kier molecular flexibility index (Phi) is 6.87. The topological polar surface area (TPSA) is 105 Å². The Bertz CT molecular complexity index is 1180. The van der Waals surface area contributed by atoms with Crippen LogP contribution in [0.25, 0.3) is 11.5 Å². The second-order valence-electron chi connectivity index (χ2n) is 7.21. The van der Waals surface area contributed by atoms with E-state index in [-0.39, 0.29) is 33.5 Å². The van der Waals surface area contributed by atoms with Crippen molar-refractivity contribution in [1.29, 1.82) is 0 Å². The lowest BCUT2D eigenvalue weighted by Gasteiger charge is -2.25. The molecule has 8 nitrogen and oxygen atoms in total. The minimum Gasteiger partial charge on any atom is -0.411 e. The zero-order valence-electron chi connectivity index (χ0n) is 17.0. The smallest absolute Gasteiger partial charge is 0.277 e. The van der Waals surface area contributed by atoms with Gasteiger partial charge in [0.2, 0.25) is 21.8 Å². The number of aromatic nitrogens is 2. The van der Waals surface area contributed by atoms with Crippen molar-refractivity contribution >= 4 is 33.4 Å². The monoisotopic (exact) mass is 476 g/mol. The number of thioether (sulfide) groups is 1. The number of halogens is 1. The molecule has 0 bridgehead atoms. The van der Waals surface area contributed by atoms with Crippen LogP contribution in [0.15, 0.2) is 63.1 Å². The molecule has 32 heavy (non-hydrogen) atoms. The van der Waals surface area contributed by atoms with E-state index < -0.39 is 10.0 Å². The summed E-state index contributed by atoms with van der Waals surface area (Å²) in [5, 5.41) is 10.7. The molecular formula is C21H21FN4O4S2. The molecule has 0 spiro atoms. The molecule has 1 saturated heterocycles. The summed E-state index contributed by atoms with van der Waals surface area (Å²) in [4.78, 5) is 12.5. The average Bonchev–Trinajstić information content (AvgIpc) is 3.28. The van der Waals surface area contributed by atoms with Gasteiger partial charge in [0, 0.05) is 24.3 Å². The highest BCUT2D eigenvalue weighted by atomic mass is 32.2. The van der Waals surface area contributed by atoms with Crippen molar-refractivity contribution in [2.75, 3.05) is 24.2 Å². The van der Waals surface area contributed by atoms with E-state index in [1.54, 1.807) is 12.1 Å². The Morgan fingerprint density at radius 2 is 1.72 bits per heavy atom. The standard InChI is InChI=1S/C21H21FN4O4S2/c22-16-6-4-15(5-7-16)20-24-25-21(30-20)31-14-19(27)23-17-8-10-18(11-9-17)32(28,29)26-12-2-1-3-13-26/h4-11H,1-3,12-14H2,(H,23,27). The zero-order valence-corrected chi connectivity index (χ0v) is 18.7. The van der Waals surface area contributed by atoms with Gasteiger partial charge in [0.1, 0.15) is 5.82 Å². The molecule has 1 aromatic heterocycles. The third-order valence-corrected chi connectivity index (χ3v) is 7.65. The molecule has 0 unspecified atom stereocenters. The van der Waals surface area contributed by atoms with Crippen LogP contribution in [-0.4, -0.2) is 47.7 Å². The third kappa shape index (κ3) is 5.34. The van der Waals surface area contributed by atoms with E-state index in [4.69, 9.17) is 4.42 Å².